The van der Waals surface area contributed by atoms with Crippen molar-refractivity contribution >= 4 is 0 Å². The molecule has 1 fully saturated rings. The van der Waals surface area contributed by atoms with Gasteiger partial charge in [0.25, 0.3) is 0 Å². The number of ether oxygens (including phenoxy) is 1. The smallest absolute Gasteiger partial charge is 0.194 e. The lowest BCUT2D eigenvalue weighted by Crippen LogP contribution is -2.47. The first-order chi connectivity index (χ1) is 8.42. The minimum Gasteiger partial charge on any atom is -0.377 e. The molecule has 2 atom stereocenters. The largest absolute Gasteiger partial charge is 0.377 e. The van der Waals surface area contributed by atoms with E-state index in [1.165, 1.54) is 0 Å². The van der Waals surface area contributed by atoms with Crippen LogP contribution in [0.3, 0.4) is 0 Å². The molecule has 1 aliphatic heterocycles. The highest BCUT2D eigenvalue weighted by Crippen LogP contribution is 2.25. The molecule has 0 radical (unpaired) electrons. The van der Waals surface area contributed by atoms with Crippen LogP contribution in [0.25, 0.3) is 0 Å². The Morgan fingerprint density at radius 1 is 1.33 bits per heavy atom. The second-order valence-corrected chi connectivity index (χ2v) is 4.91. The predicted molar refractivity (Wildman–Crippen MR) is 61.6 cm³/mol. The maximum atomic E-state index is 13.0. The van der Waals surface area contributed by atoms with Crippen molar-refractivity contribution in [2.45, 2.75) is 38.5 Å². The van der Waals surface area contributed by atoms with Crippen LogP contribution in [-0.2, 0) is 11.3 Å². The monoisotopic (exact) mass is 259 g/mol. The van der Waals surface area contributed by atoms with Crippen molar-refractivity contribution in [3.8, 4) is 0 Å². The van der Waals surface area contributed by atoms with Gasteiger partial charge in [0.1, 0.15) is 0 Å². The van der Waals surface area contributed by atoms with E-state index in [9.17, 15) is 13.2 Å². The molecule has 2 unspecified atom stereocenters. The standard InChI is InChI=1S/C13H16F3NO/c1-8-13(2,3-4-18-8)17-7-9-5-10(14)12(16)11(15)6-9/h5-6,8,17H,3-4,7H2,1-2H3. The molecule has 1 saturated heterocycles. The van der Waals surface area contributed by atoms with Crippen molar-refractivity contribution in [2.75, 3.05) is 6.61 Å². The molecule has 1 aromatic carbocycles. The first-order valence-electron chi connectivity index (χ1n) is 5.92. The summed E-state index contributed by atoms with van der Waals surface area (Å²) in [6.07, 6.45) is 0.869. The van der Waals surface area contributed by atoms with Gasteiger partial charge in [0.2, 0.25) is 0 Å². The van der Waals surface area contributed by atoms with Gasteiger partial charge >= 0.3 is 0 Å². The fourth-order valence-corrected chi connectivity index (χ4v) is 2.08. The summed E-state index contributed by atoms with van der Waals surface area (Å²) < 4.78 is 44.3. The second kappa shape index (κ2) is 4.90. The fourth-order valence-electron chi connectivity index (χ4n) is 2.08. The fraction of sp³-hybridized carbons (Fsp3) is 0.538. The van der Waals surface area contributed by atoms with Crippen molar-refractivity contribution in [3.63, 3.8) is 0 Å². The molecule has 18 heavy (non-hydrogen) atoms. The van der Waals surface area contributed by atoms with E-state index in [0.717, 1.165) is 18.6 Å². The summed E-state index contributed by atoms with van der Waals surface area (Å²) in [5.41, 5.74) is 0.160. The third-order valence-electron chi connectivity index (χ3n) is 3.63. The molecule has 0 bridgehead atoms. The van der Waals surface area contributed by atoms with Crippen LogP contribution >= 0.6 is 0 Å². The lowest BCUT2D eigenvalue weighted by molar-refractivity contribution is 0.0881. The average molecular weight is 259 g/mol. The Labute approximate surface area is 104 Å². The molecule has 0 aromatic heterocycles. The molecule has 1 heterocycles. The zero-order valence-electron chi connectivity index (χ0n) is 10.4. The molecule has 1 N–H and O–H groups in total. The van der Waals surface area contributed by atoms with Gasteiger partial charge in [-0.1, -0.05) is 0 Å². The summed E-state index contributed by atoms with van der Waals surface area (Å²) in [7, 11) is 0. The Bertz CT molecular complexity index is 429. The Hall–Kier alpha value is -1.07. The van der Waals surface area contributed by atoms with Gasteiger partial charge in [0.15, 0.2) is 17.5 Å². The molecule has 1 aliphatic rings. The lowest BCUT2D eigenvalue weighted by Gasteiger charge is -2.29. The minimum atomic E-state index is -1.43. The van der Waals surface area contributed by atoms with Crippen molar-refractivity contribution < 1.29 is 17.9 Å². The van der Waals surface area contributed by atoms with Gasteiger partial charge in [-0.3, -0.25) is 0 Å². The van der Waals surface area contributed by atoms with Gasteiger partial charge in [-0.05, 0) is 38.0 Å². The minimum absolute atomic E-state index is 0.0349. The van der Waals surface area contributed by atoms with E-state index >= 15 is 0 Å². The quantitative estimate of drug-likeness (QED) is 0.843. The molecular formula is C13H16F3NO. The van der Waals surface area contributed by atoms with Crippen LogP contribution in [0.15, 0.2) is 12.1 Å². The van der Waals surface area contributed by atoms with Crippen molar-refractivity contribution in [1.29, 1.82) is 0 Å². The maximum absolute atomic E-state index is 13.0. The van der Waals surface area contributed by atoms with Crippen LogP contribution in [-0.4, -0.2) is 18.2 Å². The second-order valence-electron chi connectivity index (χ2n) is 4.91. The molecule has 0 spiro atoms. The molecule has 0 saturated carbocycles. The Kier molecular flexibility index (Phi) is 3.64. The first-order valence-corrected chi connectivity index (χ1v) is 5.92. The molecule has 2 nitrogen and oxygen atoms in total. The molecule has 0 amide bonds. The number of rotatable bonds is 3. The van der Waals surface area contributed by atoms with Crippen LogP contribution in [0.5, 0.6) is 0 Å². The summed E-state index contributed by atoms with van der Waals surface area (Å²) in [6.45, 7) is 4.89. The number of hydrogen-bond acceptors (Lipinski definition) is 2. The van der Waals surface area contributed by atoms with Gasteiger partial charge in [-0.2, -0.15) is 0 Å². The van der Waals surface area contributed by atoms with Gasteiger partial charge in [-0.25, -0.2) is 13.2 Å². The molecule has 0 aliphatic carbocycles. The molecule has 5 heteroatoms. The first kappa shape index (κ1) is 13.4. The molecule has 2 rings (SSSR count). The number of benzene rings is 1. The third kappa shape index (κ3) is 2.52. The van der Waals surface area contributed by atoms with E-state index in [0.29, 0.717) is 12.2 Å². The van der Waals surface area contributed by atoms with Crippen LogP contribution in [0.2, 0.25) is 0 Å². The van der Waals surface area contributed by atoms with E-state index in [4.69, 9.17) is 4.74 Å². The number of halogens is 3. The van der Waals surface area contributed by atoms with E-state index in [1.807, 2.05) is 13.8 Å². The predicted octanol–water partition coefficient (Wildman–Crippen LogP) is 2.76. The lowest BCUT2D eigenvalue weighted by atomic mass is 9.94. The van der Waals surface area contributed by atoms with Crippen LogP contribution in [0, 0.1) is 17.5 Å². The zero-order chi connectivity index (χ0) is 13.3. The molecular weight excluding hydrogens is 243 g/mol. The van der Waals surface area contributed by atoms with E-state index in [2.05, 4.69) is 5.32 Å². The Balaban J connectivity index is 2.07. The normalized spacial score (nSPS) is 27.7. The summed E-state index contributed by atoms with van der Waals surface area (Å²) in [5, 5.41) is 3.22. The van der Waals surface area contributed by atoms with Gasteiger partial charge in [0.05, 0.1) is 6.10 Å². The van der Waals surface area contributed by atoms with E-state index in [1.54, 1.807) is 0 Å². The number of nitrogens with one attached hydrogen (secondary N) is 1. The van der Waals surface area contributed by atoms with Gasteiger partial charge in [-0.15, -0.1) is 0 Å². The molecule has 1 aromatic rings. The molecule has 100 valence electrons. The maximum Gasteiger partial charge on any atom is 0.194 e. The highest BCUT2D eigenvalue weighted by atomic mass is 19.2. The highest BCUT2D eigenvalue weighted by molar-refractivity contribution is 5.19. The summed E-state index contributed by atoms with van der Waals surface area (Å²) >= 11 is 0. The third-order valence-corrected chi connectivity index (χ3v) is 3.63. The Morgan fingerprint density at radius 2 is 1.94 bits per heavy atom. The zero-order valence-corrected chi connectivity index (χ0v) is 10.4. The van der Waals surface area contributed by atoms with Gasteiger partial charge in [0, 0.05) is 18.7 Å². The highest BCUT2D eigenvalue weighted by Gasteiger charge is 2.36. The van der Waals surface area contributed by atoms with Crippen LogP contribution in [0.4, 0.5) is 13.2 Å². The summed E-state index contributed by atoms with van der Waals surface area (Å²) in [6, 6.07) is 2.02. The van der Waals surface area contributed by atoms with Crippen molar-refractivity contribution in [1.82, 2.24) is 5.32 Å². The van der Waals surface area contributed by atoms with Crippen molar-refractivity contribution in [2.24, 2.45) is 0 Å². The average Bonchev–Trinajstić information content (AvgIpc) is 2.64. The topological polar surface area (TPSA) is 21.3 Å². The summed E-state index contributed by atoms with van der Waals surface area (Å²) in [4.78, 5) is 0. The van der Waals surface area contributed by atoms with Crippen molar-refractivity contribution in [3.05, 3.63) is 35.1 Å². The van der Waals surface area contributed by atoms with Gasteiger partial charge < -0.3 is 10.1 Å². The van der Waals surface area contributed by atoms with Crippen LogP contribution < -0.4 is 5.32 Å². The summed E-state index contributed by atoms with van der Waals surface area (Å²) in [5.74, 6) is -3.75. The van der Waals surface area contributed by atoms with E-state index in [-0.39, 0.29) is 18.2 Å². The number of hydrogen-bond donors (Lipinski definition) is 1. The van der Waals surface area contributed by atoms with E-state index < -0.39 is 17.5 Å². The van der Waals surface area contributed by atoms with Crippen LogP contribution in [0.1, 0.15) is 25.8 Å². The SMILES string of the molecule is CC1OCCC1(C)NCc1cc(F)c(F)c(F)c1. The Morgan fingerprint density at radius 3 is 2.44 bits per heavy atom.